The van der Waals surface area contributed by atoms with E-state index < -0.39 is 0 Å². The van der Waals surface area contributed by atoms with E-state index in [-0.39, 0.29) is 18.1 Å². The molecule has 2 aromatic heterocycles. The second-order valence-corrected chi connectivity index (χ2v) is 6.39. The highest BCUT2D eigenvalue weighted by atomic mass is 32.1. The van der Waals surface area contributed by atoms with Crippen molar-refractivity contribution in [1.29, 1.82) is 0 Å². The van der Waals surface area contributed by atoms with E-state index in [9.17, 15) is 4.79 Å². The number of amides is 1. The Bertz CT molecular complexity index is 643. The van der Waals surface area contributed by atoms with E-state index in [1.54, 1.807) is 30.5 Å². The van der Waals surface area contributed by atoms with Crippen molar-refractivity contribution in [2.24, 2.45) is 0 Å². The van der Waals surface area contributed by atoms with Crippen LogP contribution >= 0.6 is 11.3 Å². The number of aromatic nitrogens is 2. The lowest BCUT2D eigenvalue weighted by atomic mass is 10.1. The summed E-state index contributed by atoms with van der Waals surface area (Å²) >= 11 is 1.58. The summed E-state index contributed by atoms with van der Waals surface area (Å²) in [6.45, 7) is 5.78. The van der Waals surface area contributed by atoms with Crippen LogP contribution < -0.4 is 5.32 Å². The Morgan fingerprint density at radius 1 is 1.61 bits per heavy atom. The first-order valence-electron chi connectivity index (χ1n) is 7.66. The molecule has 0 bridgehead atoms. The lowest BCUT2D eigenvalue weighted by molar-refractivity contribution is -0.125. The molecule has 124 valence electrons. The van der Waals surface area contributed by atoms with Crippen molar-refractivity contribution in [1.82, 2.24) is 15.0 Å². The van der Waals surface area contributed by atoms with Gasteiger partial charge in [-0.05, 0) is 13.3 Å². The average Bonchev–Trinajstić information content (AvgIpc) is 3.20. The van der Waals surface area contributed by atoms with Gasteiger partial charge in [-0.25, -0.2) is 4.98 Å². The monoisotopic (exact) mass is 336 g/mol. The van der Waals surface area contributed by atoms with Gasteiger partial charge in [0.15, 0.2) is 5.82 Å². The van der Waals surface area contributed by atoms with Gasteiger partial charge >= 0.3 is 0 Å². The molecular formula is C15H20N4O3S. The van der Waals surface area contributed by atoms with Crippen molar-refractivity contribution in [3.05, 3.63) is 28.4 Å². The molecule has 1 saturated heterocycles. The van der Waals surface area contributed by atoms with E-state index in [1.807, 2.05) is 12.3 Å². The van der Waals surface area contributed by atoms with Gasteiger partial charge in [-0.1, -0.05) is 12.1 Å². The number of carbonyl (C=O) groups excluding carboxylic acids is 1. The van der Waals surface area contributed by atoms with Crippen molar-refractivity contribution in [3.63, 3.8) is 0 Å². The molecule has 0 saturated carbocycles. The first-order chi connectivity index (χ1) is 11.2. The largest absolute Gasteiger partial charge is 0.368 e. The van der Waals surface area contributed by atoms with Crippen LogP contribution in [0.5, 0.6) is 0 Å². The zero-order valence-electron chi connectivity index (χ0n) is 13.2. The summed E-state index contributed by atoms with van der Waals surface area (Å²) in [6.07, 6.45) is 2.42. The number of hydrogen-bond donors (Lipinski definition) is 1. The molecule has 3 heterocycles. The third-order valence-corrected chi connectivity index (χ3v) is 4.70. The van der Waals surface area contributed by atoms with Gasteiger partial charge in [0.05, 0.1) is 12.6 Å². The highest BCUT2D eigenvalue weighted by Gasteiger charge is 2.31. The van der Waals surface area contributed by atoms with Gasteiger partial charge in [0.2, 0.25) is 5.91 Å². The van der Waals surface area contributed by atoms with Crippen LogP contribution in [0.25, 0.3) is 0 Å². The molecule has 2 atom stereocenters. The minimum Gasteiger partial charge on any atom is -0.368 e. The highest BCUT2D eigenvalue weighted by molar-refractivity contribution is 7.09. The first kappa shape index (κ1) is 16.1. The number of carbonyl (C=O) groups is 1. The molecule has 1 aliphatic rings. The number of ether oxygens (including phenoxy) is 1. The molecule has 3 rings (SSSR count). The minimum atomic E-state index is -0.224. The lowest BCUT2D eigenvalue weighted by Gasteiger charge is -2.36. The Labute approximate surface area is 138 Å². The van der Waals surface area contributed by atoms with Crippen LogP contribution in [0, 0.1) is 6.92 Å². The molecule has 1 fully saturated rings. The fourth-order valence-corrected chi connectivity index (χ4v) is 3.42. The maximum absolute atomic E-state index is 12.6. The first-order valence-corrected chi connectivity index (χ1v) is 8.54. The molecule has 2 aromatic rings. The summed E-state index contributed by atoms with van der Waals surface area (Å²) in [5.74, 6) is 1.06. The predicted octanol–water partition coefficient (Wildman–Crippen LogP) is 2.23. The molecular weight excluding hydrogens is 316 g/mol. The van der Waals surface area contributed by atoms with E-state index >= 15 is 0 Å². The molecule has 7 nitrogen and oxygen atoms in total. The second-order valence-electron chi connectivity index (χ2n) is 5.46. The quantitative estimate of drug-likeness (QED) is 0.902. The topological polar surface area (TPSA) is 80.5 Å². The maximum Gasteiger partial charge on any atom is 0.242 e. The van der Waals surface area contributed by atoms with Gasteiger partial charge in [0.25, 0.3) is 0 Å². The Kier molecular flexibility index (Phi) is 5.04. The molecule has 8 heteroatoms. The molecule has 0 radical (unpaired) electrons. The summed E-state index contributed by atoms with van der Waals surface area (Å²) in [6, 6.07) is 1.49. The Hall–Kier alpha value is -1.77. The molecule has 0 aromatic carbocycles. The smallest absolute Gasteiger partial charge is 0.242 e. The minimum absolute atomic E-state index is 0.0689. The summed E-state index contributed by atoms with van der Waals surface area (Å²) in [4.78, 5) is 19.0. The fraction of sp³-hybridized carbons (Fsp3) is 0.533. The van der Waals surface area contributed by atoms with E-state index in [4.69, 9.17) is 9.26 Å². The van der Waals surface area contributed by atoms with Crippen LogP contribution in [0.4, 0.5) is 5.82 Å². The van der Waals surface area contributed by atoms with Gasteiger partial charge in [0, 0.05) is 30.7 Å². The number of nitrogens with one attached hydrogen (secondary N) is 1. The van der Waals surface area contributed by atoms with Crippen molar-refractivity contribution in [2.45, 2.75) is 32.4 Å². The standard InChI is InChI=1S/C15H20N4O3S/c1-3-11(14(20)17-13-8-10(2)22-18-13)19-5-6-21-12(9-19)15-16-4-7-23-15/h4,7-8,11-12H,3,5-6,9H2,1-2H3,(H,17,18,20)/t11-,12+/m0/s1. The number of anilines is 1. The molecule has 1 aliphatic heterocycles. The zero-order chi connectivity index (χ0) is 16.2. The average molecular weight is 336 g/mol. The Balaban J connectivity index is 1.66. The summed E-state index contributed by atoms with van der Waals surface area (Å²) in [5.41, 5.74) is 0. The van der Waals surface area contributed by atoms with Crippen molar-refractivity contribution >= 4 is 23.1 Å². The summed E-state index contributed by atoms with van der Waals surface area (Å²) in [5, 5.41) is 9.53. The highest BCUT2D eigenvalue weighted by Crippen LogP contribution is 2.25. The predicted molar refractivity (Wildman–Crippen MR) is 86.3 cm³/mol. The summed E-state index contributed by atoms with van der Waals surface area (Å²) in [7, 11) is 0. The van der Waals surface area contributed by atoms with Gasteiger partial charge in [-0.3, -0.25) is 9.69 Å². The number of nitrogens with zero attached hydrogens (tertiary/aromatic N) is 3. The second kappa shape index (κ2) is 7.20. The third kappa shape index (κ3) is 3.77. The normalized spacial score (nSPS) is 20.3. The maximum atomic E-state index is 12.6. The molecule has 0 spiro atoms. The zero-order valence-corrected chi connectivity index (χ0v) is 14.0. The summed E-state index contributed by atoms with van der Waals surface area (Å²) < 4.78 is 10.8. The molecule has 1 N–H and O–H groups in total. The van der Waals surface area contributed by atoms with Crippen LogP contribution in [0.15, 0.2) is 22.2 Å². The lowest BCUT2D eigenvalue weighted by Crippen LogP contribution is -2.49. The molecule has 23 heavy (non-hydrogen) atoms. The Morgan fingerprint density at radius 3 is 3.13 bits per heavy atom. The molecule has 0 unspecified atom stereocenters. The van der Waals surface area contributed by atoms with Crippen LogP contribution in [0.1, 0.15) is 30.2 Å². The molecule has 1 amide bonds. The van der Waals surface area contributed by atoms with Gasteiger partial charge < -0.3 is 14.6 Å². The van der Waals surface area contributed by atoms with Crippen LogP contribution in [-0.2, 0) is 9.53 Å². The van der Waals surface area contributed by atoms with Gasteiger partial charge in [0.1, 0.15) is 16.9 Å². The van der Waals surface area contributed by atoms with Crippen LogP contribution in [-0.4, -0.2) is 46.7 Å². The number of thiazole rings is 1. The van der Waals surface area contributed by atoms with Gasteiger partial charge in [-0.2, -0.15) is 0 Å². The van der Waals surface area contributed by atoms with Crippen LogP contribution in [0.2, 0.25) is 0 Å². The van der Waals surface area contributed by atoms with Crippen molar-refractivity contribution in [3.8, 4) is 0 Å². The van der Waals surface area contributed by atoms with E-state index in [2.05, 4.69) is 20.4 Å². The number of aryl methyl sites for hydroxylation is 1. The van der Waals surface area contributed by atoms with Crippen LogP contribution in [0.3, 0.4) is 0 Å². The SMILES string of the molecule is CC[C@@H](C(=O)Nc1cc(C)on1)N1CCO[C@@H](c2nccs2)C1. The van der Waals surface area contributed by atoms with E-state index in [0.717, 1.165) is 11.6 Å². The number of rotatable bonds is 5. The third-order valence-electron chi connectivity index (χ3n) is 3.83. The molecule has 0 aliphatic carbocycles. The van der Waals surface area contributed by atoms with Gasteiger partial charge in [-0.15, -0.1) is 11.3 Å². The number of hydrogen-bond acceptors (Lipinski definition) is 7. The van der Waals surface area contributed by atoms with E-state index in [1.165, 1.54) is 0 Å². The van der Waals surface area contributed by atoms with E-state index in [0.29, 0.717) is 31.2 Å². The number of morpholine rings is 1. The van der Waals surface area contributed by atoms with Crippen molar-refractivity contribution in [2.75, 3.05) is 25.0 Å². The Morgan fingerprint density at radius 2 is 2.48 bits per heavy atom. The van der Waals surface area contributed by atoms with Crippen molar-refractivity contribution < 1.29 is 14.1 Å². The fourth-order valence-electron chi connectivity index (χ4n) is 2.74.